The molecule has 0 saturated carbocycles. The summed E-state index contributed by atoms with van der Waals surface area (Å²) < 4.78 is 20.9. The quantitative estimate of drug-likeness (QED) is 0.559. The van der Waals surface area contributed by atoms with E-state index in [-0.39, 0.29) is 28.4 Å². The summed E-state index contributed by atoms with van der Waals surface area (Å²) in [5.74, 6) is -0.166. The standard InChI is InChI=1S/C21H19ClN2O6/c1-12-8-13(30-24-12)11-29-21(26)15-9-18(27-2)19(28-3)10-17(15)23-20(25)14-6-4-5-7-16(14)22/h4-10H,11H2,1-3H3,(H,23,25). The van der Waals surface area contributed by atoms with Crippen molar-refractivity contribution in [3.63, 3.8) is 0 Å². The van der Waals surface area contributed by atoms with Gasteiger partial charge < -0.3 is 24.1 Å². The molecule has 0 radical (unpaired) electrons. The predicted molar refractivity (Wildman–Crippen MR) is 109 cm³/mol. The first-order chi connectivity index (χ1) is 14.4. The summed E-state index contributed by atoms with van der Waals surface area (Å²) in [5, 5.41) is 6.70. The third-order valence-corrected chi connectivity index (χ3v) is 4.46. The Kier molecular flexibility index (Phi) is 6.58. The van der Waals surface area contributed by atoms with Crippen LogP contribution in [0.15, 0.2) is 47.0 Å². The maximum atomic E-state index is 12.7. The van der Waals surface area contributed by atoms with Crippen molar-refractivity contribution in [1.29, 1.82) is 0 Å². The van der Waals surface area contributed by atoms with E-state index in [0.29, 0.717) is 23.0 Å². The van der Waals surface area contributed by atoms with Crippen LogP contribution in [-0.2, 0) is 11.3 Å². The van der Waals surface area contributed by atoms with Crippen LogP contribution >= 0.6 is 11.6 Å². The van der Waals surface area contributed by atoms with Gasteiger partial charge in [-0.2, -0.15) is 0 Å². The number of nitrogens with zero attached hydrogens (tertiary/aromatic N) is 1. The SMILES string of the molecule is COc1cc(NC(=O)c2ccccc2Cl)c(C(=O)OCc2cc(C)no2)cc1OC. The van der Waals surface area contributed by atoms with Crippen LogP contribution in [0.4, 0.5) is 5.69 Å². The van der Waals surface area contributed by atoms with E-state index in [1.165, 1.54) is 26.4 Å². The lowest BCUT2D eigenvalue weighted by Gasteiger charge is -2.15. The lowest BCUT2D eigenvalue weighted by atomic mass is 10.1. The van der Waals surface area contributed by atoms with Gasteiger partial charge in [-0.3, -0.25) is 4.79 Å². The zero-order valence-corrected chi connectivity index (χ0v) is 17.3. The van der Waals surface area contributed by atoms with Crippen molar-refractivity contribution in [2.75, 3.05) is 19.5 Å². The number of rotatable bonds is 7. The molecule has 1 heterocycles. The van der Waals surface area contributed by atoms with Gasteiger partial charge in [0.25, 0.3) is 5.91 Å². The molecule has 1 aromatic heterocycles. The van der Waals surface area contributed by atoms with Crippen LogP contribution in [-0.4, -0.2) is 31.3 Å². The molecule has 8 nitrogen and oxygen atoms in total. The molecule has 0 atom stereocenters. The van der Waals surface area contributed by atoms with Crippen LogP contribution < -0.4 is 14.8 Å². The molecule has 3 aromatic rings. The summed E-state index contributed by atoms with van der Waals surface area (Å²) in [6.45, 7) is 1.64. The molecule has 0 unspecified atom stereocenters. The summed E-state index contributed by atoms with van der Waals surface area (Å²) in [4.78, 5) is 25.4. The summed E-state index contributed by atoms with van der Waals surface area (Å²) in [6.07, 6.45) is 0. The van der Waals surface area contributed by atoms with Crippen molar-refractivity contribution in [2.45, 2.75) is 13.5 Å². The van der Waals surface area contributed by atoms with E-state index in [0.717, 1.165) is 0 Å². The molecule has 1 amide bonds. The molecule has 30 heavy (non-hydrogen) atoms. The largest absolute Gasteiger partial charge is 0.493 e. The molecule has 0 saturated heterocycles. The molecular weight excluding hydrogens is 412 g/mol. The van der Waals surface area contributed by atoms with E-state index >= 15 is 0 Å². The molecule has 0 aliphatic carbocycles. The Bertz CT molecular complexity index is 1080. The van der Waals surface area contributed by atoms with Crippen molar-refractivity contribution in [3.05, 3.63) is 70.1 Å². The van der Waals surface area contributed by atoms with Crippen LogP contribution in [0, 0.1) is 6.92 Å². The van der Waals surface area contributed by atoms with Gasteiger partial charge in [-0.05, 0) is 19.1 Å². The molecule has 156 valence electrons. The van der Waals surface area contributed by atoms with Crippen LogP contribution in [0.3, 0.4) is 0 Å². The Balaban J connectivity index is 1.91. The normalized spacial score (nSPS) is 10.4. The molecule has 1 N–H and O–H groups in total. The lowest BCUT2D eigenvalue weighted by Crippen LogP contribution is -2.16. The number of ether oxygens (including phenoxy) is 3. The van der Waals surface area contributed by atoms with E-state index in [9.17, 15) is 9.59 Å². The third kappa shape index (κ3) is 4.72. The third-order valence-electron chi connectivity index (χ3n) is 4.13. The predicted octanol–water partition coefficient (Wildman–Crippen LogP) is 4.26. The van der Waals surface area contributed by atoms with Gasteiger partial charge in [-0.15, -0.1) is 0 Å². The second-order valence-corrected chi connectivity index (χ2v) is 6.60. The minimum absolute atomic E-state index is 0.0734. The highest BCUT2D eigenvalue weighted by Crippen LogP contribution is 2.34. The number of carbonyl (C=O) groups is 2. The highest BCUT2D eigenvalue weighted by Gasteiger charge is 2.21. The van der Waals surface area contributed by atoms with E-state index in [1.807, 2.05) is 0 Å². The van der Waals surface area contributed by atoms with Gasteiger partial charge in [-0.25, -0.2) is 4.79 Å². The summed E-state index contributed by atoms with van der Waals surface area (Å²) in [6, 6.07) is 11.1. The monoisotopic (exact) mass is 430 g/mol. The number of aromatic nitrogens is 1. The van der Waals surface area contributed by atoms with Crippen molar-refractivity contribution in [3.8, 4) is 11.5 Å². The molecule has 0 spiro atoms. The number of hydrogen-bond acceptors (Lipinski definition) is 7. The van der Waals surface area contributed by atoms with Crippen LogP contribution in [0.2, 0.25) is 5.02 Å². The number of amides is 1. The zero-order valence-electron chi connectivity index (χ0n) is 16.5. The number of carbonyl (C=O) groups excluding carboxylic acids is 2. The number of benzene rings is 2. The average molecular weight is 431 g/mol. The number of nitrogens with one attached hydrogen (secondary N) is 1. The Morgan fingerprint density at radius 3 is 2.40 bits per heavy atom. The summed E-state index contributed by atoms with van der Waals surface area (Å²) in [5.41, 5.74) is 1.17. The Hall–Kier alpha value is -3.52. The van der Waals surface area contributed by atoms with Gasteiger partial charge in [0, 0.05) is 18.2 Å². The highest BCUT2D eigenvalue weighted by atomic mass is 35.5. The maximum absolute atomic E-state index is 12.7. The number of hydrogen-bond donors (Lipinski definition) is 1. The molecule has 0 bridgehead atoms. The van der Waals surface area contributed by atoms with Gasteiger partial charge in [0.05, 0.1) is 41.8 Å². The van der Waals surface area contributed by atoms with Gasteiger partial charge in [0.1, 0.15) is 0 Å². The average Bonchev–Trinajstić information content (AvgIpc) is 3.17. The Morgan fingerprint density at radius 2 is 1.77 bits per heavy atom. The first-order valence-corrected chi connectivity index (χ1v) is 9.22. The topological polar surface area (TPSA) is 99.9 Å². The Labute approximate surface area is 177 Å². The number of halogens is 1. The van der Waals surface area contributed by atoms with E-state index in [2.05, 4.69) is 10.5 Å². The second-order valence-electron chi connectivity index (χ2n) is 6.20. The summed E-state index contributed by atoms with van der Waals surface area (Å²) >= 11 is 6.10. The van der Waals surface area contributed by atoms with Crippen molar-refractivity contribution in [1.82, 2.24) is 5.16 Å². The van der Waals surface area contributed by atoms with E-state index < -0.39 is 11.9 Å². The zero-order chi connectivity index (χ0) is 21.7. The maximum Gasteiger partial charge on any atom is 0.340 e. The van der Waals surface area contributed by atoms with Crippen LogP contribution in [0.5, 0.6) is 11.5 Å². The molecule has 9 heteroatoms. The number of aryl methyl sites for hydroxylation is 1. The number of methoxy groups -OCH3 is 2. The second kappa shape index (κ2) is 9.32. The molecule has 0 fully saturated rings. The Morgan fingerprint density at radius 1 is 1.07 bits per heavy atom. The van der Waals surface area contributed by atoms with Crippen molar-refractivity contribution >= 4 is 29.2 Å². The van der Waals surface area contributed by atoms with E-state index in [1.54, 1.807) is 37.3 Å². The molecule has 3 rings (SSSR count). The summed E-state index contributed by atoms with van der Waals surface area (Å²) in [7, 11) is 2.88. The number of anilines is 1. The molecular formula is C21H19ClN2O6. The van der Waals surface area contributed by atoms with Crippen LogP contribution in [0.25, 0.3) is 0 Å². The fraction of sp³-hybridized carbons (Fsp3) is 0.190. The van der Waals surface area contributed by atoms with Gasteiger partial charge in [0.15, 0.2) is 23.9 Å². The smallest absolute Gasteiger partial charge is 0.340 e. The minimum atomic E-state index is -0.695. The van der Waals surface area contributed by atoms with Crippen molar-refractivity contribution in [2.24, 2.45) is 0 Å². The van der Waals surface area contributed by atoms with Crippen LogP contribution in [0.1, 0.15) is 32.2 Å². The van der Waals surface area contributed by atoms with Gasteiger partial charge in [0.2, 0.25) is 0 Å². The number of esters is 1. The minimum Gasteiger partial charge on any atom is -0.493 e. The molecule has 0 aliphatic heterocycles. The first kappa shape index (κ1) is 21.2. The lowest BCUT2D eigenvalue weighted by molar-refractivity contribution is 0.0438. The molecule has 0 aliphatic rings. The fourth-order valence-corrected chi connectivity index (χ4v) is 2.91. The molecule has 2 aromatic carbocycles. The van der Waals surface area contributed by atoms with Crippen molar-refractivity contribution < 1.29 is 28.3 Å². The van der Waals surface area contributed by atoms with Gasteiger partial charge >= 0.3 is 5.97 Å². The van der Waals surface area contributed by atoms with E-state index in [4.69, 9.17) is 30.3 Å². The highest BCUT2D eigenvalue weighted by molar-refractivity contribution is 6.34. The van der Waals surface area contributed by atoms with Gasteiger partial charge in [-0.1, -0.05) is 28.9 Å². The fourth-order valence-electron chi connectivity index (χ4n) is 2.69. The first-order valence-electron chi connectivity index (χ1n) is 8.84.